The first-order valence-corrected chi connectivity index (χ1v) is 5.46. The van der Waals surface area contributed by atoms with Gasteiger partial charge < -0.3 is 10.4 Å². The average Bonchev–Trinajstić information content (AvgIpc) is 2.47. The number of thiophene rings is 1. The van der Waals surface area contributed by atoms with Crippen LogP contribution >= 0.6 is 27.3 Å². The summed E-state index contributed by atoms with van der Waals surface area (Å²) in [5.74, 6) is -0.347. The van der Waals surface area contributed by atoms with Crippen LogP contribution in [0.3, 0.4) is 0 Å². The Hall–Kier alpha value is -0.390. The minimum absolute atomic E-state index is 0.347. The molecule has 0 unspecified atom stereocenters. The summed E-state index contributed by atoms with van der Waals surface area (Å²) in [6, 6.07) is 1.93. The number of carbonyl (C=O) groups is 1. The molecule has 1 aromatic heterocycles. The van der Waals surface area contributed by atoms with Gasteiger partial charge in [-0.1, -0.05) is 0 Å². The number of hydrogen-bond acceptors (Lipinski definition) is 3. The van der Waals surface area contributed by atoms with E-state index in [4.69, 9.17) is 5.11 Å². The molecule has 2 N–H and O–H groups in total. The lowest BCUT2D eigenvalue weighted by Gasteiger charge is -2.05. The number of amides is 1. The molecule has 5 heteroatoms. The fourth-order valence-electron chi connectivity index (χ4n) is 0.766. The molecule has 0 radical (unpaired) electrons. The van der Waals surface area contributed by atoms with E-state index in [0.29, 0.717) is 6.54 Å². The van der Waals surface area contributed by atoms with E-state index in [9.17, 15) is 4.79 Å². The zero-order chi connectivity index (χ0) is 9.84. The second-order valence-corrected chi connectivity index (χ2v) is 4.44. The van der Waals surface area contributed by atoms with Gasteiger partial charge in [-0.2, -0.15) is 0 Å². The summed E-state index contributed by atoms with van der Waals surface area (Å²) in [4.78, 5) is 12.0. The van der Waals surface area contributed by atoms with Crippen LogP contribution in [0.2, 0.25) is 0 Å². The molecule has 0 spiro atoms. The van der Waals surface area contributed by atoms with Gasteiger partial charge in [0.25, 0.3) is 0 Å². The van der Waals surface area contributed by atoms with Crippen LogP contribution in [0.25, 0.3) is 0 Å². The summed E-state index contributed by atoms with van der Waals surface area (Å²) in [5, 5.41) is 13.5. The van der Waals surface area contributed by atoms with E-state index < -0.39 is 6.10 Å². The largest absolute Gasteiger partial charge is 0.384 e. The zero-order valence-electron chi connectivity index (χ0n) is 7.08. The fourth-order valence-corrected chi connectivity index (χ4v) is 2.20. The van der Waals surface area contributed by atoms with Crippen LogP contribution in [0.15, 0.2) is 15.9 Å². The summed E-state index contributed by atoms with van der Waals surface area (Å²) in [5.41, 5.74) is 0. The van der Waals surface area contributed by atoms with Crippen molar-refractivity contribution < 1.29 is 9.90 Å². The van der Waals surface area contributed by atoms with Gasteiger partial charge in [0.2, 0.25) is 5.91 Å². The summed E-state index contributed by atoms with van der Waals surface area (Å²) >= 11 is 4.91. The lowest BCUT2D eigenvalue weighted by molar-refractivity contribution is -0.128. The summed E-state index contributed by atoms with van der Waals surface area (Å²) in [6.45, 7) is 1.90. The molecule has 0 saturated carbocycles. The summed E-state index contributed by atoms with van der Waals surface area (Å²) in [6.07, 6.45) is -0.946. The maximum Gasteiger partial charge on any atom is 0.248 e. The second-order valence-electron chi connectivity index (χ2n) is 2.59. The smallest absolute Gasteiger partial charge is 0.248 e. The molecular weight excluding hydrogens is 254 g/mol. The summed E-state index contributed by atoms with van der Waals surface area (Å²) in [7, 11) is 0. The maximum absolute atomic E-state index is 11.0. The number of carbonyl (C=O) groups excluding carboxylic acids is 1. The van der Waals surface area contributed by atoms with Crippen LogP contribution in [0.1, 0.15) is 11.8 Å². The molecule has 3 nitrogen and oxygen atoms in total. The molecule has 0 saturated heterocycles. The van der Waals surface area contributed by atoms with Gasteiger partial charge in [0.1, 0.15) is 6.10 Å². The van der Waals surface area contributed by atoms with E-state index in [0.717, 1.165) is 9.35 Å². The molecule has 1 heterocycles. The number of hydrogen-bond donors (Lipinski definition) is 2. The third-order valence-corrected chi connectivity index (χ3v) is 3.42. The highest BCUT2D eigenvalue weighted by Crippen LogP contribution is 2.21. The number of aliphatic hydroxyl groups excluding tert-OH is 1. The number of nitrogens with one attached hydrogen (secondary N) is 1. The number of rotatable bonds is 3. The third-order valence-electron chi connectivity index (χ3n) is 1.49. The molecule has 0 aliphatic carbocycles. The Kier molecular flexibility index (Phi) is 3.90. The quantitative estimate of drug-likeness (QED) is 0.869. The molecule has 0 fully saturated rings. The van der Waals surface area contributed by atoms with Crippen molar-refractivity contribution in [3.8, 4) is 0 Å². The Morgan fingerprint density at radius 3 is 3.00 bits per heavy atom. The van der Waals surface area contributed by atoms with Crippen LogP contribution in [0, 0.1) is 0 Å². The number of halogens is 1. The van der Waals surface area contributed by atoms with Crippen molar-refractivity contribution in [3.05, 3.63) is 20.8 Å². The molecule has 72 valence electrons. The van der Waals surface area contributed by atoms with E-state index >= 15 is 0 Å². The minimum Gasteiger partial charge on any atom is -0.384 e. The first-order chi connectivity index (χ1) is 6.11. The lowest BCUT2D eigenvalue weighted by atomic mass is 10.3. The Bertz CT molecular complexity index is 298. The second kappa shape index (κ2) is 4.74. The molecule has 1 rings (SSSR count). The van der Waals surface area contributed by atoms with Crippen LogP contribution in [-0.2, 0) is 11.3 Å². The number of aliphatic hydroxyl groups is 1. The van der Waals surface area contributed by atoms with Crippen molar-refractivity contribution in [3.63, 3.8) is 0 Å². The van der Waals surface area contributed by atoms with Gasteiger partial charge in [0, 0.05) is 9.35 Å². The Morgan fingerprint density at radius 1 is 1.85 bits per heavy atom. The molecule has 0 aromatic carbocycles. The molecule has 1 atom stereocenters. The fraction of sp³-hybridized carbons (Fsp3) is 0.375. The predicted molar refractivity (Wildman–Crippen MR) is 55.5 cm³/mol. The van der Waals surface area contributed by atoms with Crippen molar-refractivity contribution >= 4 is 33.2 Å². The van der Waals surface area contributed by atoms with E-state index in [1.807, 2.05) is 11.4 Å². The van der Waals surface area contributed by atoms with E-state index in [2.05, 4.69) is 21.2 Å². The van der Waals surface area contributed by atoms with Crippen molar-refractivity contribution in [2.24, 2.45) is 0 Å². The topological polar surface area (TPSA) is 49.3 Å². The van der Waals surface area contributed by atoms with Gasteiger partial charge in [-0.05, 0) is 34.3 Å². The Labute approximate surface area is 88.9 Å². The van der Waals surface area contributed by atoms with E-state index in [1.54, 1.807) is 11.3 Å². The molecule has 0 aliphatic rings. The third kappa shape index (κ3) is 3.10. The van der Waals surface area contributed by atoms with Gasteiger partial charge in [-0.15, -0.1) is 11.3 Å². The van der Waals surface area contributed by atoms with Gasteiger partial charge in [0.15, 0.2) is 0 Å². The SMILES string of the molecule is C[C@H](O)C(=O)NCc1sccc1Br. The van der Waals surface area contributed by atoms with E-state index in [-0.39, 0.29) is 5.91 Å². The van der Waals surface area contributed by atoms with Crippen molar-refractivity contribution in [1.82, 2.24) is 5.32 Å². The van der Waals surface area contributed by atoms with Gasteiger partial charge in [-0.3, -0.25) is 4.79 Å². The van der Waals surface area contributed by atoms with Gasteiger partial charge in [0.05, 0.1) is 6.54 Å². The molecule has 0 bridgehead atoms. The first-order valence-electron chi connectivity index (χ1n) is 3.79. The standard InChI is InChI=1S/C8H10BrNO2S/c1-5(11)8(12)10-4-7-6(9)2-3-13-7/h2-3,5,11H,4H2,1H3,(H,10,12)/t5-/m0/s1. The lowest BCUT2D eigenvalue weighted by Crippen LogP contribution is -2.31. The molecule has 0 aliphatic heterocycles. The van der Waals surface area contributed by atoms with Crippen molar-refractivity contribution in [1.29, 1.82) is 0 Å². The first kappa shape index (κ1) is 10.7. The monoisotopic (exact) mass is 263 g/mol. The minimum atomic E-state index is -0.946. The highest BCUT2D eigenvalue weighted by molar-refractivity contribution is 9.10. The molecule has 13 heavy (non-hydrogen) atoms. The normalized spacial score (nSPS) is 12.5. The molecule has 1 amide bonds. The highest BCUT2D eigenvalue weighted by Gasteiger charge is 2.08. The Morgan fingerprint density at radius 2 is 2.54 bits per heavy atom. The van der Waals surface area contributed by atoms with Crippen LogP contribution in [0.5, 0.6) is 0 Å². The molecular formula is C8H10BrNO2S. The van der Waals surface area contributed by atoms with Crippen molar-refractivity contribution in [2.75, 3.05) is 0 Å². The van der Waals surface area contributed by atoms with Crippen LogP contribution in [-0.4, -0.2) is 17.1 Å². The maximum atomic E-state index is 11.0. The highest BCUT2D eigenvalue weighted by atomic mass is 79.9. The Balaban J connectivity index is 2.44. The average molecular weight is 264 g/mol. The van der Waals surface area contributed by atoms with Gasteiger partial charge >= 0.3 is 0 Å². The van der Waals surface area contributed by atoms with Gasteiger partial charge in [-0.25, -0.2) is 0 Å². The predicted octanol–water partition coefficient (Wildman–Crippen LogP) is 1.51. The molecule has 1 aromatic rings. The van der Waals surface area contributed by atoms with Crippen LogP contribution in [0.4, 0.5) is 0 Å². The van der Waals surface area contributed by atoms with Crippen LogP contribution < -0.4 is 5.32 Å². The zero-order valence-corrected chi connectivity index (χ0v) is 9.48. The van der Waals surface area contributed by atoms with Crippen molar-refractivity contribution in [2.45, 2.75) is 19.6 Å². The summed E-state index contributed by atoms with van der Waals surface area (Å²) < 4.78 is 0.989. The van der Waals surface area contributed by atoms with E-state index in [1.165, 1.54) is 6.92 Å².